The minimum Gasteiger partial charge on any atom is -0.493 e. The Morgan fingerprint density at radius 1 is 1.18 bits per heavy atom. The van der Waals surface area contributed by atoms with E-state index in [9.17, 15) is 5.11 Å². The van der Waals surface area contributed by atoms with Crippen molar-refractivity contribution in [2.45, 2.75) is 31.6 Å². The number of para-hydroxylation sites is 4. The summed E-state index contributed by atoms with van der Waals surface area (Å²) in [6.07, 6.45) is 1.29. The molecule has 1 fully saturated rings. The molecule has 0 saturated carbocycles. The minimum atomic E-state index is -0.687. The van der Waals surface area contributed by atoms with E-state index < -0.39 is 6.10 Å². The monoisotopic (exact) mass is 404 g/mol. The molecule has 4 rings (SSSR count). The number of aliphatic hydroxyl groups is 1. The van der Waals surface area contributed by atoms with Crippen LogP contribution in [0.2, 0.25) is 0 Å². The zero-order valence-corrected chi connectivity index (χ0v) is 16.6. The topological polar surface area (TPSA) is 65.7 Å². The Labute approximate surface area is 170 Å². The van der Waals surface area contributed by atoms with Gasteiger partial charge in [0.25, 0.3) is 0 Å². The van der Waals surface area contributed by atoms with Crippen molar-refractivity contribution in [3.05, 3.63) is 54.4 Å². The van der Waals surface area contributed by atoms with Crippen molar-refractivity contribution in [2.75, 3.05) is 20.3 Å². The van der Waals surface area contributed by atoms with Gasteiger partial charge in [0.1, 0.15) is 24.6 Å². The number of fused-ring (bicyclic) bond motifs is 1. The first-order chi connectivity index (χ1) is 13.3. The SMILES string of the molecule is COc1ccccc1OCC(O)Cn1c(C2CCCO2)nc2ccccc21.Cl. The largest absolute Gasteiger partial charge is 0.493 e. The molecule has 0 spiro atoms. The molecule has 1 aromatic heterocycles. The van der Waals surface area contributed by atoms with Gasteiger partial charge >= 0.3 is 0 Å². The van der Waals surface area contributed by atoms with Gasteiger partial charge < -0.3 is 23.9 Å². The molecule has 28 heavy (non-hydrogen) atoms. The molecule has 0 bridgehead atoms. The smallest absolute Gasteiger partial charge is 0.161 e. The highest BCUT2D eigenvalue weighted by Gasteiger charge is 2.25. The van der Waals surface area contributed by atoms with Gasteiger partial charge in [0, 0.05) is 6.61 Å². The number of hydrogen-bond donors (Lipinski definition) is 1. The third kappa shape index (κ3) is 4.24. The lowest BCUT2D eigenvalue weighted by atomic mass is 10.2. The summed E-state index contributed by atoms with van der Waals surface area (Å²) in [5.41, 5.74) is 1.92. The Hall–Kier alpha value is -2.28. The average molecular weight is 405 g/mol. The summed E-state index contributed by atoms with van der Waals surface area (Å²) in [5, 5.41) is 10.6. The molecular formula is C21H25ClN2O4. The third-order valence-electron chi connectivity index (χ3n) is 4.80. The van der Waals surface area contributed by atoms with Gasteiger partial charge in [0.2, 0.25) is 0 Å². The summed E-state index contributed by atoms with van der Waals surface area (Å²) >= 11 is 0. The number of nitrogens with zero attached hydrogens (tertiary/aromatic N) is 2. The number of hydrogen-bond acceptors (Lipinski definition) is 5. The van der Waals surface area contributed by atoms with Crippen LogP contribution in [0, 0.1) is 0 Å². The van der Waals surface area contributed by atoms with Crippen molar-refractivity contribution in [1.29, 1.82) is 0 Å². The van der Waals surface area contributed by atoms with Crippen LogP contribution in [-0.4, -0.2) is 41.1 Å². The van der Waals surface area contributed by atoms with Crippen LogP contribution in [0.5, 0.6) is 11.5 Å². The van der Waals surface area contributed by atoms with Crippen molar-refractivity contribution >= 4 is 23.4 Å². The van der Waals surface area contributed by atoms with E-state index in [1.807, 2.05) is 48.5 Å². The van der Waals surface area contributed by atoms with Crippen LogP contribution in [0.25, 0.3) is 11.0 Å². The van der Waals surface area contributed by atoms with Crippen LogP contribution >= 0.6 is 12.4 Å². The molecule has 7 heteroatoms. The van der Waals surface area contributed by atoms with Crippen molar-refractivity contribution in [3.63, 3.8) is 0 Å². The van der Waals surface area contributed by atoms with E-state index in [1.54, 1.807) is 7.11 Å². The molecule has 2 unspecified atom stereocenters. The second-order valence-electron chi connectivity index (χ2n) is 6.69. The van der Waals surface area contributed by atoms with Crippen molar-refractivity contribution in [2.24, 2.45) is 0 Å². The van der Waals surface area contributed by atoms with Crippen LogP contribution in [0.4, 0.5) is 0 Å². The number of benzene rings is 2. The highest BCUT2D eigenvalue weighted by molar-refractivity contribution is 5.85. The molecule has 3 aromatic rings. The van der Waals surface area contributed by atoms with Gasteiger partial charge in [0.05, 0.1) is 24.7 Å². The fourth-order valence-electron chi connectivity index (χ4n) is 3.50. The lowest BCUT2D eigenvalue weighted by molar-refractivity contribution is 0.0797. The van der Waals surface area contributed by atoms with Gasteiger partial charge in [-0.1, -0.05) is 24.3 Å². The molecule has 1 aliphatic heterocycles. The maximum absolute atomic E-state index is 10.6. The fraction of sp³-hybridized carbons (Fsp3) is 0.381. The molecular weight excluding hydrogens is 380 g/mol. The van der Waals surface area contributed by atoms with E-state index in [-0.39, 0.29) is 25.1 Å². The molecule has 0 aliphatic carbocycles. The predicted octanol–water partition coefficient (Wildman–Crippen LogP) is 3.76. The highest BCUT2D eigenvalue weighted by atomic mass is 35.5. The van der Waals surface area contributed by atoms with Gasteiger partial charge in [-0.15, -0.1) is 12.4 Å². The molecule has 6 nitrogen and oxygen atoms in total. The van der Waals surface area contributed by atoms with Crippen molar-refractivity contribution in [3.8, 4) is 11.5 Å². The van der Waals surface area contributed by atoms with Crippen molar-refractivity contribution < 1.29 is 19.3 Å². The number of imidazole rings is 1. The van der Waals surface area contributed by atoms with Crippen LogP contribution in [-0.2, 0) is 11.3 Å². The Morgan fingerprint density at radius 2 is 1.93 bits per heavy atom. The molecule has 1 aliphatic rings. The first kappa shape index (κ1) is 20.5. The van der Waals surface area contributed by atoms with E-state index in [0.717, 1.165) is 36.3 Å². The normalized spacial score (nSPS) is 17.3. The van der Waals surface area contributed by atoms with Crippen LogP contribution in [0.3, 0.4) is 0 Å². The number of ether oxygens (including phenoxy) is 3. The van der Waals surface area contributed by atoms with Gasteiger partial charge in [-0.2, -0.15) is 0 Å². The van der Waals surface area contributed by atoms with E-state index in [4.69, 9.17) is 19.2 Å². The maximum Gasteiger partial charge on any atom is 0.161 e. The van der Waals surface area contributed by atoms with Crippen molar-refractivity contribution in [1.82, 2.24) is 9.55 Å². The lowest BCUT2D eigenvalue weighted by Crippen LogP contribution is -2.25. The maximum atomic E-state index is 10.6. The Morgan fingerprint density at radius 3 is 2.68 bits per heavy atom. The molecule has 2 atom stereocenters. The lowest BCUT2D eigenvalue weighted by Gasteiger charge is -2.18. The summed E-state index contributed by atoms with van der Waals surface area (Å²) in [7, 11) is 1.60. The summed E-state index contributed by atoms with van der Waals surface area (Å²) < 4.78 is 19.0. The number of rotatable bonds is 7. The third-order valence-corrected chi connectivity index (χ3v) is 4.80. The van der Waals surface area contributed by atoms with Crippen LogP contribution in [0.15, 0.2) is 48.5 Å². The first-order valence-electron chi connectivity index (χ1n) is 9.27. The standard InChI is InChI=1S/C21H24N2O4.ClH/c1-25-18-9-4-5-10-19(18)27-14-15(24)13-23-17-8-3-2-7-16(17)22-21(23)20-11-6-12-26-20;/h2-5,7-10,15,20,24H,6,11-14H2,1H3;1H. The Balaban J connectivity index is 0.00000225. The molecule has 0 radical (unpaired) electrons. The molecule has 150 valence electrons. The Kier molecular flexibility index (Phi) is 6.78. The van der Waals surface area contributed by atoms with Crippen LogP contribution in [0.1, 0.15) is 24.8 Å². The summed E-state index contributed by atoms with van der Waals surface area (Å²) in [6, 6.07) is 15.4. The number of methoxy groups -OCH3 is 1. The van der Waals surface area contributed by atoms with E-state index in [1.165, 1.54) is 0 Å². The highest BCUT2D eigenvalue weighted by Crippen LogP contribution is 2.31. The minimum absolute atomic E-state index is 0. The van der Waals surface area contributed by atoms with E-state index in [0.29, 0.717) is 18.0 Å². The van der Waals surface area contributed by atoms with Gasteiger partial charge in [-0.25, -0.2) is 4.98 Å². The van der Waals surface area contributed by atoms with Gasteiger partial charge in [0.15, 0.2) is 11.5 Å². The molecule has 1 N–H and O–H groups in total. The molecule has 2 heterocycles. The van der Waals surface area contributed by atoms with E-state index in [2.05, 4.69) is 4.57 Å². The zero-order valence-electron chi connectivity index (χ0n) is 15.8. The zero-order chi connectivity index (χ0) is 18.6. The second kappa shape index (κ2) is 9.28. The number of aliphatic hydroxyl groups excluding tert-OH is 1. The van der Waals surface area contributed by atoms with Gasteiger partial charge in [-0.05, 0) is 37.1 Å². The molecule has 1 saturated heterocycles. The average Bonchev–Trinajstić information content (AvgIpc) is 3.35. The molecule has 2 aromatic carbocycles. The summed E-state index contributed by atoms with van der Waals surface area (Å²) in [5.74, 6) is 2.15. The van der Waals surface area contributed by atoms with Crippen LogP contribution < -0.4 is 9.47 Å². The van der Waals surface area contributed by atoms with Gasteiger partial charge in [-0.3, -0.25) is 0 Å². The predicted molar refractivity (Wildman–Crippen MR) is 109 cm³/mol. The number of aromatic nitrogens is 2. The Bertz CT molecular complexity index is 908. The quantitative estimate of drug-likeness (QED) is 0.649. The summed E-state index contributed by atoms with van der Waals surface area (Å²) in [6.45, 7) is 1.32. The fourth-order valence-corrected chi connectivity index (χ4v) is 3.50. The first-order valence-corrected chi connectivity index (χ1v) is 9.27. The number of halogens is 1. The molecule has 0 amide bonds. The van der Waals surface area contributed by atoms with E-state index >= 15 is 0 Å². The summed E-state index contributed by atoms with van der Waals surface area (Å²) in [4.78, 5) is 4.76. The second-order valence-corrected chi connectivity index (χ2v) is 6.69.